The van der Waals surface area contributed by atoms with Crippen LogP contribution in [0.1, 0.15) is 23.5 Å². The molecule has 0 spiro atoms. The van der Waals surface area contributed by atoms with Gasteiger partial charge in [0.1, 0.15) is 5.82 Å². The van der Waals surface area contributed by atoms with Crippen LogP contribution in [0.5, 0.6) is 0 Å². The number of benzene rings is 2. The Morgan fingerprint density at radius 1 is 1.10 bits per heavy atom. The van der Waals surface area contributed by atoms with Crippen LogP contribution in [-0.2, 0) is 6.54 Å². The molecule has 3 heteroatoms. The monoisotopic (exact) mass is 285 g/mol. The third-order valence-electron chi connectivity index (χ3n) is 4.19. The van der Waals surface area contributed by atoms with Crippen molar-refractivity contribution in [2.24, 2.45) is 0 Å². The van der Waals surface area contributed by atoms with E-state index in [2.05, 4.69) is 17.0 Å². The lowest BCUT2D eigenvalue weighted by molar-refractivity contribution is 0.0476. The second-order valence-corrected chi connectivity index (χ2v) is 5.74. The molecule has 2 atom stereocenters. The van der Waals surface area contributed by atoms with Crippen LogP contribution in [0.4, 0.5) is 4.39 Å². The molecule has 3 rings (SSSR count). The van der Waals surface area contributed by atoms with Gasteiger partial charge < -0.3 is 5.11 Å². The summed E-state index contributed by atoms with van der Waals surface area (Å²) < 4.78 is 13.3. The zero-order valence-corrected chi connectivity index (χ0v) is 12.0. The molecule has 0 radical (unpaired) electrons. The van der Waals surface area contributed by atoms with Gasteiger partial charge in [0.05, 0.1) is 6.10 Å². The Morgan fingerprint density at radius 2 is 1.90 bits per heavy atom. The molecule has 1 N–H and O–H groups in total. The third-order valence-corrected chi connectivity index (χ3v) is 4.19. The average Bonchev–Trinajstić information content (AvgIpc) is 2.48. The number of β-amino-alcohol motifs (C(OH)–C–C–N with tert-alkyl or cyclic N) is 1. The number of hydrogen-bond donors (Lipinski definition) is 1. The van der Waals surface area contributed by atoms with E-state index in [1.54, 1.807) is 12.1 Å². The van der Waals surface area contributed by atoms with E-state index in [0.29, 0.717) is 6.54 Å². The molecule has 2 aromatic carbocycles. The van der Waals surface area contributed by atoms with Gasteiger partial charge in [-0.3, -0.25) is 4.90 Å². The molecule has 0 aromatic heterocycles. The summed E-state index contributed by atoms with van der Waals surface area (Å²) in [5.74, 6) is -0.195. The summed E-state index contributed by atoms with van der Waals surface area (Å²) >= 11 is 0. The molecule has 1 saturated heterocycles. The summed E-state index contributed by atoms with van der Waals surface area (Å²) in [5.41, 5.74) is 2.16. The summed E-state index contributed by atoms with van der Waals surface area (Å²) in [7, 11) is 0. The number of nitrogens with zero attached hydrogens (tertiary/aromatic N) is 1. The highest BCUT2D eigenvalue weighted by molar-refractivity contribution is 5.23. The van der Waals surface area contributed by atoms with Crippen molar-refractivity contribution in [3.8, 4) is 0 Å². The zero-order valence-electron chi connectivity index (χ0n) is 12.0. The SMILES string of the molecule is O[C@H]1CN(Cc2ccccc2)CC[C@@H]1c1cccc(F)c1. The first-order valence-electron chi connectivity index (χ1n) is 7.42. The predicted octanol–water partition coefficient (Wildman–Crippen LogP) is 3.18. The molecule has 1 aliphatic heterocycles. The zero-order chi connectivity index (χ0) is 14.7. The number of hydrogen-bond acceptors (Lipinski definition) is 2. The van der Waals surface area contributed by atoms with Crippen LogP contribution < -0.4 is 0 Å². The molecule has 2 aromatic rings. The number of aliphatic hydroxyl groups is 1. The maximum absolute atomic E-state index is 13.3. The highest BCUT2D eigenvalue weighted by Crippen LogP contribution is 2.29. The number of rotatable bonds is 3. The summed E-state index contributed by atoms with van der Waals surface area (Å²) in [4.78, 5) is 2.26. The van der Waals surface area contributed by atoms with Crippen molar-refractivity contribution in [1.29, 1.82) is 0 Å². The van der Waals surface area contributed by atoms with E-state index < -0.39 is 6.10 Å². The van der Waals surface area contributed by atoms with Crippen LogP contribution in [0.15, 0.2) is 54.6 Å². The van der Waals surface area contributed by atoms with Crippen LogP contribution in [0.25, 0.3) is 0 Å². The molecule has 2 nitrogen and oxygen atoms in total. The van der Waals surface area contributed by atoms with Gasteiger partial charge in [-0.25, -0.2) is 4.39 Å². The molecule has 21 heavy (non-hydrogen) atoms. The summed E-state index contributed by atoms with van der Waals surface area (Å²) in [5, 5.41) is 10.4. The van der Waals surface area contributed by atoms with E-state index in [1.807, 2.05) is 24.3 Å². The fourth-order valence-electron chi connectivity index (χ4n) is 3.11. The van der Waals surface area contributed by atoms with Crippen LogP contribution in [0.3, 0.4) is 0 Å². The van der Waals surface area contributed by atoms with Gasteiger partial charge in [-0.2, -0.15) is 0 Å². The van der Waals surface area contributed by atoms with Gasteiger partial charge in [0.25, 0.3) is 0 Å². The Bertz CT molecular complexity index is 587. The lowest BCUT2D eigenvalue weighted by atomic mass is 9.87. The predicted molar refractivity (Wildman–Crippen MR) is 81.5 cm³/mol. The lowest BCUT2D eigenvalue weighted by Gasteiger charge is -2.36. The minimum Gasteiger partial charge on any atom is -0.391 e. The van der Waals surface area contributed by atoms with Gasteiger partial charge in [0, 0.05) is 19.0 Å². The van der Waals surface area contributed by atoms with Crippen molar-refractivity contribution in [1.82, 2.24) is 4.90 Å². The van der Waals surface area contributed by atoms with Crippen molar-refractivity contribution in [3.63, 3.8) is 0 Å². The Labute approximate surface area is 124 Å². The topological polar surface area (TPSA) is 23.5 Å². The van der Waals surface area contributed by atoms with Crippen molar-refractivity contribution >= 4 is 0 Å². The fraction of sp³-hybridized carbons (Fsp3) is 0.333. The Kier molecular flexibility index (Phi) is 4.32. The molecule has 0 aliphatic carbocycles. The molecule has 0 amide bonds. The molecular weight excluding hydrogens is 265 g/mol. The second kappa shape index (κ2) is 6.37. The first-order chi connectivity index (χ1) is 10.2. The molecule has 1 heterocycles. The molecular formula is C18H20FNO. The quantitative estimate of drug-likeness (QED) is 0.936. The van der Waals surface area contributed by atoms with Gasteiger partial charge in [0.2, 0.25) is 0 Å². The first kappa shape index (κ1) is 14.2. The third kappa shape index (κ3) is 3.49. The summed E-state index contributed by atoms with van der Waals surface area (Å²) in [6.07, 6.45) is 0.418. The Balaban J connectivity index is 1.64. The van der Waals surface area contributed by atoms with Gasteiger partial charge in [0.15, 0.2) is 0 Å². The molecule has 0 unspecified atom stereocenters. The maximum atomic E-state index is 13.3. The minimum atomic E-state index is -0.440. The molecule has 1 fully saturated rings. The summed E-state index contributed by atoms with van der Waals surface area (Å²) in [6, 6.07) is 16.9. The van der Waals surface area contributed by atoms with Crippen molar-refractivity contribution in [3.05, 3.63) is 71.5 Å². The molecule has 1 aliphatic rings. The standard InChI is InChI=1S/C18H20FNO/c19-16-8-4-7-15(11-16)17-9-10-20(13-18(17)21)12-14-5-2-1-3-6-14/h1-8,11,17-18,21H,9-10,12-13H2/t17-,18+/m1/s1. The van der Waals surface area contributed by atoms with E-state index >= 15 is 0 Å². The number of piperidine rings is 1. The van der Waals surface area contributed by atoms with Gasteiger partial charge in [-0.05, 0) is 36.2 Å². The van der Waals surface area contributed by atoms with E-state index in [-0.39, 0.29) is 11.7 Å². The smallest absolute Gasteiger partial charge is 0.123 e. The summed E-state index contributed by atoms with van der Waals surface area (Å²) in [6.45, 7) is 2.41. The molecule has 0 bridgehead atoms. The number of aliphatic hydroxyl groups excluding tert-OH is 1. The largest absolute Gasteiger partial charge is 0.391 e. The van der Waals surface area contributed by atoms with Gasteiger partial charge in [-0.15, -0.1) is 0 Å². The van der Waals surface area contributed by atoms with E-state index in [0.717, 1.165) is 25.1 Å². The van der Waals surface area contributed by atoms with Crippen molar-refractivity contribution in [2.75, 3.05) is 13.1 Å². The number of halogens is 1. The Hall–Kier alpha value is -1.71. The van der Waals surface area contributed by atoms with E-state index in [9.17, 15) is 9.50 Å². The van der Waals surface area contributed by atoms with Crippen molar-refractivity contribution in [2.45, 2.75) is 25.0 Å². The normalized spacial score (nSPS) is 23.1. The second-order valence-electron chi connectivity index (χ2n) is 5.74. The van der Waals surface area contributed by atoms with Gasteiger partial charge >= 0.3 is 0 Å². The maximum Gasteiger partial charge on any atom is 0.123 e. The first-order valence-corrected chi connectivity index (χ1v) is 7.42. The Morgan fingerprint density at radius 3 is 2.62 bits per heavy atom. The highest BCUT2D eigenvalue weighted by atomic mass is 19.1. The van der Waals surface area contributed by atoms with Crippen LogP contribution in [-0.4, -0.2) is 29.2 Å². The highest BCUT2D eigenvalue weighted by Gasteiger charge is 2.28. The van der Waals surface area contributed by atoms with Gasteiger partial charge in [-0.1, -0.05) is 42.5 Å². The molecule has 110 valence electrons. The van der Waals surface area contributed by atoms with Crippen LogP contribution in [0, 0.1) is 5.82 Å². The fourth-order valence-corrected chi connectivity index (χ4v) is 3.11. The van der Waals surface area contributed by atoms with Crippen LogP contribution >= 0.6 is 0 Å². The lowest BCUT2D eigenvalue weighted by Crippen LogP contribution is -2.42. The minimum absolute atomic E-state index is 0.0349. The van der Waals surface area contributed by atoms with Crippen molar-refractivity contribution < 1.29 is 9.50 Å². The number of likely N-dealkylation sites (tertiary alicyclic amines) is 1. The van der Waals surface area contributed by atoms with E-state index in [1.165, 1.54) is 11.6 Å². The average molecular weight is 285 g/mol. The molecule has 0 saturated carbocycles. The van der Waals surface area contributed by atoms with Crippen LogP contribution in [0.2, 0.25) is 0 Å². The van der Waals surface area contributed by atoms with E-state index in [4.69, 9.17) is 0 Å².